The lowest BCUT2D eigenvalue weighted by molar-refractivity contribution is -0.137. The van der Waals surface area contributed by atoms with Crippen LogP contribution in [0.2, 0.25) is 0 Å². The Morgan fingerprint density at radius 2 is 1.97 bits per heavy atom. The lowest BCUT2D eigenvalue weighted by atomic mass is 9.83. The number of halogens is 4. The molecule has 7 nitrogen and oxygen atoms in total. The third kappa shape index (κ3) is 4.52. The fourth-order valence-electron chi connectivity index (χ4n) is 3.83. The van der Waals surface area contributed by atoms with E-state index in [-0.39, 0.29) is 24.2 Å². The molecule has 3 aromatic rings. The Balaban J connectivity index is 1.66. The first-order chi connectivity index (χ1) is 16.0. The molecule has 4 rings (SSSR count). The number of hydrogen-bond donors (Lipinski definition) is 3. The molecule has 178 valence electrons. The maximum absolute atomic E-state index is 13.7. The van der Waals surface area contributed by atoms with E-state index in [0.717, 1.165) is 16.2 Å². The average molecular weight is 536 g/mol. The zero-order valence-electron chi connectivity index (χ0n) is 18.5. The van der Waals surface area contributed by atoms with Crippen LogP contribution in [0.25, 0.3) is 0 Å². The van der Waals surface area contributed by atoms with Gasteiger partial charge in [0.05, 0.1) is 18.2 Å². The van der Waals surface area contributed by atoms with Crippen LogP contribution >= 0.6 is 15.9 Å². The van der Waals surface area contributed by atoms with Crippen LogP contribution in [-0.2, 0) is 22.9 Å². The number of carbonyl (C=O) groups excluding carboxylic acids is 1. The quantitative estimate of drug-likeness (QED) is 0.366. The van der Waals surface area contributed by atoms with Crippen molar-refractivity contribution in [3.63, 3.8) is 0 Å². The molecule has 1 amide bonds. The molecule has 1 aromatic heterocycles. The number of nitrogens with one attached hydrogen (secondary N) is 3. The predicted molar refractivity (Wildman–Crippen MR) is 126 cm³/mol. The fourth-order valence-corrected chi connectivity index (χ4v) is 4.17. The van der Waals surface area contributed by atoms with E-state index < -0.39 is 17.2 Å². The molecule has 11 heteroatoms. The Bertz CT molecular complexity index is 1260. The Morgan fingerprint density at radius 3 is 2.68 bits per heavy atom. The second-order valence-electron chi connectivity index (χ2n) is 8.20. The molecule has 3 N–H and O–H groups in total. The summed E-state index contributed by atoms with van der Waals surface area (Å²) in [7, 11) is 1.48. The average Bonchev–Trinajstić information content (AvgIpc) is 3.01. The molecular weight excluding hydrogens is 515 g/mol. The molecule has 0 bridgehead atoms. The molecule has 0 fully saturated rings. The summed E-state index contributed by atoms with van der Waals surface area (Å²) in [6, 6.07) is 10.4. The van der Waals surface area contributed by atoms with Gasteiger partial charge in [-0.15, -0.1) is 0 Å². The van der Waals surface area contributed by atoms with E-state index in [1.165, 1.54) is 7.11 Å². The summed E-state index contributed by atoms with van der Waals surface area (Å²) in [5.74, 6) is -0.116. The molecule has 2 aromatic carbocycles. The number of amides is 1. The predicted octanol–water partition coefficient (Wildman–Crippen LogP) is 5.85. The normalized spacial score (nSPS) is 14.4. The zero-order valence-corrected chi connectivity index (χ0v) is 20.1. The van der Waals surface area contributed by atoms with Crippen molar-refractivity contribution in [2.45, 2.75) is 32.0 Å². The number of nitrogens with zero attached hydrogens (tertiary/aromatic N) is 2. The van der Waals surface area contributed by atoms with Crippen molar-refractivity contribution in [1.29, 1.82) is 0 Å². The highest BCUT2D eigenvalue weighted by Gasteiger charge is 2.40. The van der Waals surface area contributed by atoms with Gasteiger partial charge in [0.15, 0.2) is 0 Å². The number of anilines is 4. The standard InChI is InChI=1S/C23H21BrF3N5O2/c1-22(2)18-12(5-4-6-16(18)30-20(22)33)10-28-19-14(23(25,26)27)11-29-21(32-19)31-15-8-7-13(24)9-17(15)34-3/h4-9,11H,10H2,1-3H3,(H,30,33)(H2,28,29,31,32). The number of hydrogen-bond acceptors (Lipinski definition) is 6. The number of aromatic nitrogens is 2. The molecule has 0 unspecified atom stereocenters. The van der Waals surface area contributed by atoms with Crippen LogP contribution in [0.15, 0.2) is 47.1 Å². The Labute approximate surface area is 202 Å². The highest BCUT2D eigenvalue weighted by Crippen LogP contribution is 2.40. The highest BCUT2D eigenvalue weighted by atomic mass is 79.9. The summed E-state index contributed by atoms with van der Waals surface area (Å²) in [5.41, 5.74) is 0.768. The van der Waals surface area contributed by atoms with E-state index in [1.807, 2.05) is 0 Å². The van der Waals surface area contributed by atoms with Crippen molar-refractivity contribution in [3.8, 4) is 5.75 Å². The van der Waals surface area contributed by atoms with Gasteiger partial charge in [-0.25, -0.2) is 4.98 Å². The number of rotatable bonds is 6. The molecule has 1 aliphatic rings. The van der Waals surface area contributed by atoms with E-state index in [1.54, 1.807) is 50.2 Å². The highest BCUT2D eigenvalue weighted by molar-refractivity contribution is 9.10. The van der Waals surface area contributed by atoms with E-state index in [0.29, 0.717) is 22.7 Å². The molecular formula is C23H21BrF3N5O2. The monoisotopic (exact) mass is 535 g/mol. The molecule has 0 aliphatic carbocycles. The molecule has 0 radical (unpaired) electrons. The summed E-state index contributed by atoms with van der Waals surface area (Å²) in [6.45, 7) is 3.58. The van der Waals surface area contributed by atoms with Crippen LogP contribution in [0.1, 0.15) is 30.5 Å². The van der Waals surface area contributed by atoms with Crippen molar-refractivity contribution in [2.24, 2.45) is 0 Å². The fraction of sp³-hybridized carbons (Fsp3) is 0.261. The minimum Gasteiger partial charge on any atom is -0.495 e. The molecule has 1 aliphatic heterocycles. The maximum Gasteiger partial charge on any atom is 0.421 e. The number of benzene rings is 2. The number of alkyl halides is 3. The van der Waals surface area contributed by atoms with Crippen LogP contribution in [0.3, 0.4) is 0 Å². The van der Waals surface area contributed by atoms with Gasteiger partial charge in [0.1, 0.15) is 17.1 Å². The third-order valence-electron chi connectivity index (χ3n) is 5.54. The minimum absolute atomic E-state index is 0.0305. The van der Waals surface area contributed by atoms with E-state index in [9.17, 15) is 18.0 Å². The minimum atomic E-state index is -4.66. The van der Waals surface area contributed by atoms with Gasteiger partial charge in [-0.3, -0.25) is 4.79 Å². The lowest BCUT2D eigenvalue weighted by Gasteiger charge is -2.20. The Kier molecular flexibility index (Phi) is 6.15. The van der Waals surface area contributed by atoms with Crippen LogP contribution in [0.4, 0.5) is 36.3 Å². The Hall–Kier alpha value is -3.34. The van der Waals surface area contributed by atoms with Gasteiger partial charge in [0.2, 0.25) is 11.9 Å². The first-order valence-corrected chi connectivity index (χ1v) is 11.0. The van der Waals surface area contributed by atoms with Crippen LogP contribution in [0.5, 0.6) is 5.75 Å². The summed E-state index contributed by atoms with van der Waals surface area (Å²) in [6.07, 6.45) is -3.93. The smallest absolute Gasteiger partial charge is 0.421 e. The van der Waals surface area contributed by atoms with Crippen molar-refractivity contribution in [2.75, 3.05) is 23.1 Å². The summed E-state index contributed by atoms with van der Waals surface area (Å²) in [5, 5.41) is 8.51. The summed E-state index contributed by atoms with van der Waals surface area (Å²) < 4.78 is 47.1. The van der Waals surface area contributed by atoms with Gasteiger partial charge in [-0.05, 0) is 49.2 Å². The largest absolute Gasteiger partial charge is 0.495 e. The van der Waals surface area contributed by atoms with Gasteiger partial charge >= 0.3 is 6.18 Å². The van der Waals surface area contributed by atoms with Crippen molar-refractivity contribution < 1.29 is 22.7 Å². The van der Waals surface area contributed by atoms with E-state index in [4.69, 9.17) is 4.74 Å². The maximum atomic E-state index is 13.7. The van der Waals surface area contributed by atoms with Gasteiger partial charge < -0.3 is 20.7 Å². The van der Waals surface area contributed by atoms with E-state index in [2.05, 4.69) is 41.8 Å². The first-order valence-electron chi connectivity index (χ1n) is 10.2. The van der Waals surface area contributed by atoms with Crippen LogP contribution in [0, 0.1) is 0 Å². The van der Waals surface area contributed by atoms with Gasteiger partial charge in [0, 0.05) is 22.9 Å². The number of ether oxygens (including phenoxy) is 1. The van der Waals surface area contributed by atoms with Crippen LogP contribution in [-0.4, -0.2) is 23.0 Å². The number of carbonyl (C=O) groups is 1. The molecule has 0 saturated carbocycles. The van der Waals surface area contributed by atoms with Gasteiger partial charge in [-0.1, -0.05) is 28.1 Å². The number of methoxy groups -OCH3 is 1. The first kappa shape index (κ1) is 23.8. The van der Waals surface area contributed by atoms with E-state index >= 15 is 0 Å². The topological polar surface area (TPSA) is 88.2 Å². The van der Waals surface area contributed by atoms with Crippen molar-refractivity contribution in [1.82, 2.24) is 9.97 Å². The molecule has 0 spiro atoms. The lowest BCUT2D eigenvalue weighted by Crippen LogP contribution is -2.28. The summed E-state index contributed by atoms with van der Waals surface area (Å²) >= 11 is 3.34. The summed E-state index contributed by atoms with van der Waals surface area (Å²) in [4.78, 5) is 20.3. The molecule has 0 saturated heterocycles. The molecule has 2 heterocycles. The zero-order chi connectivity index (χ0) is 24.7. The second-order valence-corrected chi connectivity index (χ2v) is 9.11. The van der Waals surface area contributed by atoms with Gasteiger partial charge in [-0.2, -0.15) is 18.2 Å². The second kappa shape index (κ2) is 8.79. The number of fused-ring (bicyclic) bond motifs is 1. The molecule has 34 heavy (non-hydrogen) atoms. The third-order valence-corrected chi connectivity index (χ3v) is 6.04. The molecule has 0 atom stereocenters. The Morgan fingerprint density at radius 1 is 1.21 bits per heavy atom. The van der Waals surface area contributed by atoms with Crippen molar-refractivity contribution >= 4 is 45.0 Å². The van der Waals surface area contributed by atoms with Crippen LogP contribution < -0.4 is 20.7 Å². The van der Waals surface area contributed by atoms with Crippen molar-refractivity contribution in [3.05, 3.63) is 63.8 Å². The van der Waals surface area contributed by atoms with Gasteiger partial charge in [0.25, 0.3) is 0 Å². The SMILES string of the molecule is COc1cc(Br)ccc1Nc1ncc(C(F)(F)F)c(NCc2cccc3c2C(C)(C)C(=O)N3)n1.